The molecular formula is C25H26N6O4. The third-order valence-corrected chi connectivity index (χ3v) is 5.52. The number of amides is 1. The number of carboxylic acid groups (broad SMARTS) is 1. The predicted octanol–water partition coefficient (Wildman–Crippen LogP) is 3.42. The highest BCUT2D eigenvalue weighted by Crippen LogP contribution is 2.20. The summed E-state index contributed by atoms with van der Waals surface area (Å²) >= 11 is 0. The molecule has 0 aliphatic heterocycles. The molecule has 0 bridgehead atoms. The number of aromatic amines is 1. The Morgan fingerprint density at radius 1 is 1.09 bits per heavy atom. The largest absolute Gasteiger partial charge is 0.480 e. The zero-order valence-electron chi connectivity index (χ0n) is 19.6. The van der Waals surface area contributed by atoms with Crippen LogP contribution in [0.4, 0.5) is 5.95 Å². The molecule has 35 heavy (non-hydrogen) atoms. The summed E-state index contributed by atoms with van der Waals surface area (Å²) in [6.45, 7) is 5.97. The van der Waals surface area contributed by atoms with E-state index in [4.69, 9.17) is 4.42 Å². The number of carbonyl (C=O) groups is 2. The lowest BCUT2D eigenvalue weighted by Crippen LogP contribution is -2.42. The summed E-state index contributed by atoms with van der Waals surface area (Å²) in [6.07, 6.45) is 3.47. The van der Waals surface area contributed by atoms with Gasteiger partial charge >= 0.3 is 5.97 Å². The van der Waals surface area contributed by atoms with Crippen LogP contribution in [-0.4, -0.2) is 43.2 Å². The summed E-state index contributed by atoms with van der Waals surface area (Å²) in [4.78, 5) is 31.7. The lowest BCUT2D eigenvalue weighted by molar-refractivity contribution is -0.139. The minimum atomic E-state index is -1.10. The van der Waals surface area contributed by atoms with Gasteiger partial charge in [0.2, 0.25) is 17.7 Å². The highest BCUT2D eigenvalue weighted by molar-refractivity contribution is 5.99. The highest BCUT2D eigenvalue weighted by atomic mass is 16.4. The van der Waals surface area contributed by atoms with E-state index in [9.17, 15) is 14.7 Å². The Morgan fingerprint density at radius 3 is 2.43 bits per heavy atom. The van der Waals surface area contributed by atoms with Gasteiger partial charge in [-0.2, -0.15) is 0 Å². The molecule has 180 valence electrons. The molecule has 2 aromatic heterocycles. The van der Waals surface area contributed by atoms with E-state index in [0.717, 1.165) is 22.3 Å². The number of carbonyl (C=O) groups excluding carboxylic acids is 1. The lowest BCUT2D eigenvalue weighted by atomic mass is 9.98. The Kier molecular flexibility index (Phi) is 6.91. The molecular weight excluding hydrogens is 448 g/mol. The number of aliphatic carboxylic acids is 1. The summed E-state index contributed by atoms with van der Waals surface area (Å²) in [7, 11) is 0. The van der Waals surface area contributed by atoms with Crippen molar-refractivity contribution in [3.8, 4) is 11.5 Å². The van der Waals surface area contributed by atoms with Gasteiger partial charge in [-0.1, -0.05) is 29.8 Å². The third-order valence-electron chi connectivity index (χ3n) is 5.52. The number of H-pyrrole nitrogens is 1. The number of hydrogen-bond donors (Lipinski definition) is 4. The van der Waals surface area contributed by atoms with Crippen LogP contribution in [0.15, 0.2) is 53.2 Å². The van der Waals surface area contributed by atoms with E-state index in [1.165, 1.54) is 0 Å². The molecule has 0 fully saturated rings. The van der Waals surface area contributed by atoms with Crippen LogP contribution in [0.5, 0.6) is 0 Å². The van der Waals surface area contributed by atoms with Crippen LogP contribution in [0, 0.1) is 20.8 Å². The number of imidazole rings is 1. The van der Waals surface area contributed by atoms with Crippen LogP contribution >= 0.6 is 0 Å². The Balaban J connectivity index is 1.41. The number of rotatable bonds is 9. The Bertz CT molecular complexity index is 1310. The van der Waals surface area contributed by atoms with Gasteiger partial charge in [-0.15, -0.1) is 10.2 Å². The Morgan fingerprint density at radius 2 is 1.80 bits per heavy atom. The first-order valence-electron chi connectivity index (χ1n) is 11.1. The van der Waals surface area contributed by atoms with Crippen molar-refractivity contribution < 1.29 is 19.1 Å². The molecule has 0 radical (unpaired) electrons. The number of aromatic nitrogens is 4. The topological polar surface area (TPSA) is 146 Å². The van der Waals surface area contributed by atoms with Gasteiger partial charge < -0.3 is 25.1 Å². The van der Waals surface area contributed by atoms with Gasteiger partial charge in [0.25, 0.3) is 5.91 Å². The number of benzene rings is 2. The van der Waals surface area contributed by atoms with Crippen LogP contribution in [0.1, 0.15) is 38.5 Å². The van der Waals surface area contributed by atoms with Gasteiger partial charge in [-0.25, -0.2) is 9.78 Å². The zero-order valence-corrected chi connectivity index (χ0v) is 19.6. The smallest absolute Gasteiger partial charge is 0.326 e. The quantitative estimate of drug-likeness (QED) is 0.289. The van der Waals surface area contributed by atoms with Gasteiger partial charge in [-0.05, 0) is 49.6 Å². The number of anilines is 1. The number of carboxylic acids is 1. The molecule has 2 heterocycles. The standard InChI is InChI=1S/C25H26N6O4/c1-14-10-15(2)21(16(3)11-14)22(32)29-19(24(33)34)12-17-4-6-18(7-5-17)23-31-30-20(35-23)13-28-25-26-8-9-27-25/h4-11,19H,12-13H2,1-3H3,(H,29,32)(H,33,34)(H2,26,27,28). The fraction of sp³-hybridized carbons (Fsp3) is 0.240. The van der Waals surface area contributed by atoms with Gasteiger partial charge in [0.15, 0.2) is 0 Å². The second-order valence-corrected chi connectivity index (χ2v) is 8.33. The molecule has 1 unspecified atom stereocenters. The monoisotopic (exact) mass is 474 g/mol. The van der Waals surface area contributed by atoms with Crippen molar-refractivity contribution >= 4 is 17.8 Å². The van der Waals surface area contributed by atoms with E-state index in [-0.39, 0.29) is 6.42 Å². The summed E-state index contributed by atoms with van der Waals surface area (Å²) < 4.78 is 5.68. The minimum absolute atomic E-state index is 0.132. The maximum absolute atomic E-state index is 12.9. The van der Waals surface area contributed by atoms with Gasteiger partial charge in [-0.3, -0.25) is 4.79 Å². The molecule has 10 nitrogen and oxygen atoms in total. The van der Waals surface area contributed by atoms with Crippen LogP contribution < -0.4 is 10.6 Å². The van der Waals surface area contributed by atoms with E-state index >= 15 is 0 Å². The SMILES string of the molecule is Cc1cc(C)c(C(=O)NC(Cc2ccc(-c3nnc(CNc4ncc[nH]4)o3)cc2)C(=O)O)c(C)c1. The van der Waals surface area contributed by atoms with Crippen molar-refractivity contribution in [2.45, 2.75) is 39.8 Å². The number of nitrogens with one attached hydrogen (secondary N) is 3. The first-order valence-corrected chi connectivity index (χ1v) is 11.1. The van der Waals surface area contributed by atoms with E-state index in [1.54, 1.807) is 36.7 Å². The molecule has 0 spiro atoms. The van der Waals surface area contributed by atoms with E-state index < -0.39 is 17.9 Å². The lowest BCUT2D eigenvalue weighted by Gasteiger charge is -2.17. The highest BCUT2D eigenvalue weighted by Gasteiger charge is 2.23. The van der Waals surface area contributed by atoms with Crippen molar-refractivity contribution in [3.05, 3.63) is 82.5 Å². The number of aryl methyl sites for hydroxylation is 3. The van der Waals surface area contributed by atoms with Gasteiger partial charge in [0.05, 0.1) is 6.54 Å². The first-order chi connectivity index (χ1) is 16.8. The van der Waals surface area contributed by atoms with E-state index in [1.807, 2.05) is 32.9 Å². The number of nitrogens with zero attached hydrogens (tertiary/aromatic N) is 3. The summed E-state index contributed by atoms with van der Waals surface area (Å²) in [5.74, 6) is -0.153. The molecule has 0 saturated carbocycles. The molecule has 4 aromatic rings. The normalized spacial score (nSPS) is 11.7. The van der Waals surface area contributed by atoms with Crippen LogP contribution in [0.3, 0.4) is 0 Å². The average molecular weight is 475 g/mol. The zero-order chi connectivity index (χ0) is 24.9. The van der Waals surface area contributed by atoms with Gasteiger partial charge in [0.1, 0.15) is 6.04 Å². The van der Waals surface area contributed by atoms with Crippen LogP contribution in [-0.2, 0) is 17.8 Å². The molecule has 0 aliphatic carbocycles. The average Bonchev–Trinajstić information content (AvgIpc) is 3.49. The molecule has 1 atom stereocenters. The van der Waals surface area contributed by atoms with Gasteiger partial charge in [0, 0.05) is 29.9 Å². The molecule has 2 aromatic carbocycles. The van der Waals surface area contributed by atoms with Crippen molar-refractivity contribution in [1.82, 2.24) is 25.5 Å². The summed E-state index contributed by atoms with van der Waals surface area (Å²) in [5.41, 5.74) is 4.63. The van der Waals surface area contributed by atoms with Crippen molar-refractivity contribution in [1.29, 1.82) is 0 Å². The first kappa shape index (κ1) is 23.7. The van der Waals surface area contributed by atoms with Crippen molar-refractivity contribution in [3.63, 3.8) is 0 Å². The summed E-state index contributed by atoms with van der Waals surface area (Å²) in [6, 6.07) is 9.87. The molecule has 0 saturated heterocycles. The Hall–Kier alpha value is -4.47. The predicted molar refractivity (Wildman–Crippen MR) is 129 cm³/mol. The summed E-state index contributed by atoms with van der Waals surface area (Å²) in [5, 5.41) is 23.5. The molecule has 0 aliphatic rings. The van der Waals surface area contributed by atoms with Crippen LogP contribution in [0.2, 0.25) is 0 Å². The van der Waals surface area contributed by atoms with Crippen molar-refractivity contribution in [2.24, 2.45) is 0 Å². The van der Waals surface area contributed by atoms with E-state index in [2.05, 4.69) is 30.8 Å². The Labute approximate surface area is 201 Å². The second kappa shape index (κ2) is 10.2. The molecule has 1 amide bonds. The maximum Gasteiger partial charge on any atom is 0.326 e. The second-order valence-electron chi connectivity index (χ2n) is 8.33. The van der Waals surface area contributed by atoms with E-state index in [0.29, 0.717) is 35.4 Å². The minimum Gasteiger partial charge on any atom is -0.480 e. The third kappa shape index (κ3) is 5.72. The fourth-order valence-electron chi connectivity index (χ4n) is 3.95. The fourth-order valence-corrected chi connectivity index (χ4v) is 3.95. The molecule has 4 rings (SSSR count). The maximum atomic E-state index is 12.9. The van der Waals surface area contributed by atoms with Crippen LogP contribution in [0.25, 0.3) is 11.5 Å². The molecule has 10 heteroatoms. The van der Waals surface area contributed by atoms with Crippen molar-refractivity contribution in [2.75, 3.05) is 5.32 Å². The molecule has 4 N–H and O–H groups in total. The number of hydrogen-bond acceptors (Lipinski definition) is 7.